The van der Waals surface area contributed by atoms with Gasteiger partial charge < -0.3 is 14.5 Å². The van der Waals surface area contributed by atoms with Crippen LogP contribution in [0.15, 0.2) is 41.3 Å². The molecule has 0 bridgehead atoms. The van der Waals surface area contributed by atoms with Crippen LogP contribution in [0.3, 0.4) is 0 Å². The highest BCUT2D eigenvalue weighted by molar-refractivity contribution is 6.03. The van der Waals surface area contributed by atoms with Crippen molar-refractivity contribution in [2.24, 2.45) is 0 Å². The number of amides is 1. The molecule has 0 atom stereocenters. The number of ether oxygens (including phenoxy) is 1. The molecule has 3 rings (SSSR count). The van der Waals surface area contributed by atoms with Gasteiger partial charge in [0, 0.05) is 23.4 Å². The monoisotopic (exact) mass is 299 g/mol. The number of nitrogens with one attached hydrogen (secondary N) is 1. The molecule has 0 fully saturated rings. The van der Waals surface area contributed by atoms with Gasteiger partial charge in [0.1, 0.15) is 12.1 Å². The lowest BCUT2D eigenvalue weighted by atomic mass is 10.2. The molecule has 0 saturated carbocycles. The summed E-state index contributed by atoms with van der Waals surface area (Å²) in [4.78, 5) is 12.2. The molecule has 1 N–H and O–H groups in total. The van der Waals surface area contributed by atoms with Crippen LogP contribution in [0.25, 0.3) is 5.69 Å². The van der Waals surface area contributed by atoms with E-state index >= 15 is 0 Å². The molecule has 0 aliphatic heterocycles. The zero-order valence-corrected chi connectivity index (χ0v) is 12.0. The van der Waals surface area contributed by atoms with Crippen LogP contribution in [0.1, 0.15) is 16.1 Å². The average molecular weight is 299 g/mol. The zero-order chi connectivity index (χ0) is 15.5. The standard InChI is InChI=1S/C14H13N5O3/c1-9-3-4-22-13(9)14(20)16-10-5-11(7-12(6-10)21-2)19-8-15-17-18-19/h3-8H,1-2H3,(H,16,20). The van der Waals surface area contributed by atoms with Gasteiger partial charge in [0.2, 0.25) is 0 Å². The van der Waals surface area contributed by atoms with E-state index in [1.165, 1.54) is 17.3 Å². The summed E-state index contributed by atoms with van der Waals surface area (Å²) in [5.41, 5.74) is 1.97. The SMILES string of the molecule is COc1cc(NC(=O)c2occc2C)cc(-n2cnnn2)c1. The Labute approximate surface area is 125 Å². The predicted octanol–water partition coefficient (Wildman–Crippen LogP) is 1.82. The Morgan fingerprint density at radius 3 is 2.86 bits per heavy atom. The molecule has 1 aromatic carbocycles. The Balaban J connectivity index is 1.92. The van der Waals surface area contributed by atoms with Gasteiger partial charge in [-0.2, -0.15) is 0 Å². The lowest BCUT2D eigenvalue weighted by Crippen LogP contribution is -2.12. The summed E-state index contributed by atoms with van der Waals surface area (Å²) < 4.78 is 11.9. The number of hydrogen-bond donors (Lipinski definition) is 1. The van der Waals surface area contributed by atoms with Crippen LogP contribution in [0.4, 0.5) is 5.69 Å². The number of tetrazole rings is 1. The highest BCUT2D eigenvalue weighted by Gasteiger charge is 2.14. The summed E-state index contributed by atoms with van der Waals surface area (Å²) in [5.74, 6) is 0.504. The molecule has 8 nitrogen and oxygen atoms in total. The van der Waals surface area contributed by atoms with Gasteiger partial charge in [0.25, 0.3) is 5.91 Å². The highest BCUT2D eigenvalue weighted by atomic mass is 16.5. The Hall–Kier alpha value is -3.16. The number of benzene rings is 1. The number of carbonyl (C=O) groups is 1. The van der Waals surface area contributed by atoms with Crippen molar-refractivity contribution >= 4 is 11.6 Å². The fraction of sp³-hybridized carbons (Fsp3) is 0.143. The molecule has 2 heterocycles. The van der Waals surface area contributed by atoms with Crippen LogP contribution in [0, 0.1) is 6.92 Å². The first-order valence-electron chi connectivity index (χ1n) is 6.45. The van der Waals surface area contributed by atoms with Crippen LogP contribution in [-0.2, 0) is 0 Å². The number of anilines is 1. The lowest BCUT2D eigenvalue weighted by Gasteiger charge is -2.09. The minimum atomic E-state index is -0.335. The number of nitrogens with zero attached hydrogens (tertiary/aromatic N) is 4. The Morgan fingerprint density at radius 1 is 1.36 bits per heavy atom. The Kier molecular flexibility index (Phi) is 3.57. The van der Waals surface area contributed by atoms with Crippen molar-refractivity contribution in [2.75, 3.05) is 12.4 Å². The van der Waals surface area contributed by atoms with Crippen molar-refractivity contribution < 1.29 is 13.9 Å². The van der Waals surface area contributed by atoms with E-state index < -0.39 is 0 Å². The van der Waals surface area contributed by atoms with Gasteiger partial charge in [-0.05, 0) is 29.5 Å². The molecule has 1 amide bonds. The zero-order valence-electron chi connectivity index (χ0n) is 12.0. The maximum Gasteiger partial charge on any atom is 0.291 e. The van der Waals surface area contributed by atoms with Crippen molar-refractivity contribution in [1.82, 2.24) is 20.2 Å². The van der Waals surface area contributed by atoms with Crippen LogP contribution in [0.5, 0.6) is 5.75 Å². The van der Waals surface area contributed by atoms with Crippen molar-refractivity contribution in [3.63, 3.8) is 0 Å². The fourth-order valence-electron chi connectivity index (χ4n) is 1.98. The summed E-state index contributed by atoms with van der Waals surface area (Å²) >= 11 is 0. The molecule has 0 saturated heterocycles. The lowest BCUT2D eigenvalue weighted by molar-refractivity contribution is 0.0996. The van der Waals surface area contributed by atoms with Crippen molar-refractivity contribution in [3.05, 3.63) is 48.2 Å². The second-order valence-corrected chi connectivity index (χ2v) is 4.56. The molecule has 3 aromatic rings. The number of aryl methyl sites for hydroxylation is 1. The van der Waals surface area contributed by atoms with E-state index in [2.05, 4.69) is 20.8 Å². The molecular weight excluding hydrogens is 286 g/mol. The Bertz CT molecular complexity index is 795. The van der Waals surface area contributed by atoms with E-state index in [-0.39, 0.29) is 11.7 Å². The van der Waals surface area contributed by atoms with Crippen LogP contribution in [0.2, 0.25) is 0 Å². The number of furan rings is 1. The van der Waals surface area contributed by atoms with Gasteiger partial charge in [0.05, 0.1) is 19.1 Å². The molecule has 0 aliphatic rings. The van der Waals surface area contributed by atoms with Gasteiger partial charge in [-0.3, -0.25) is 4.79 Å². The van der Waals surface area contributed by atoms with Crippen LogP contribution in [-0.4, -0.2) is 33.2 Å². The van der Waals surface area contributed by atoms with E-state index in [0.717, 1.165) is 5.56 Å². The molecular formula is C14H13N5O3. The number of methoxy groups -OCH3 is 1. The topological polar surface area (TPSA) is 95.1 Å². The highest BCUT2D eigenvalue weighted by Crippen LogP contribution is 2.23. The molecule has 0 spiro atoms. The van der Waals surface area contributed by atoms with E-state index in [0.29, 0.717) is 17.1 Å². The molecule has 8 heteroatoms. The van der Waals surface area contributed by atoms with Gasteiger partial charge in [-0.15, -0.1) is 5.10 Å². The van der Waals surface area contributed by atoms with Gasteiger partial charge in [-0.1, -0.05) is 0 Å². The second-order valence-electron chi connectivity index (χ2n) is 4.56. The minimum absolute atomic E-state index is 0.270. The van der Waals surface area contributed by atoms with E-state index in [1.807, 2.05) is 0 Å². The predicted molar refractivity (Wildman–Crippen MR) is 77.1 cm³/mol. The number of hydrogen-bond acceptors (Lipinski definition) is 6. The third-order valence-corrected chi connectivity index (χ3v) is 3.07. The van der Waals surface area contributed by atoms with E-state index in [1.54, 1.807) is 38.3 Å². The largest absolute Gasteiger partial charge is 0.497 e. The van der Waals surface area contributed by atoms with Gasteiger partial charge >= 0.3 is 0 Å². The Morgan fingerprint density at radius 2 is 2.23 bits per heavy atom. The van der Waals surface area contributed by atoms with Crippen molar-refractivity contribution in [3.8, 4) is 11.4 Å². The molecule has 0 aliphatic carbocycles. The first kappa shape index (κ1) is 13.8. The molecule has 0 unspecified atom stereocenters. The fourth-order valence-corrected chi connectivity index (χ4v) is 1.98. The second kappa shape index (κ2) is 5.68. The van der Waals surface area contributed by atoms with Crippen LogP contribution < -0.4 is 10.1 Å². The number of carbonyl (C=O) groups excluding carboxylic acids is 1. The minimum Gasteiger partial charge on any atom is -0.497 e. The summed E-state index contributed by atoms with van der Waals surface area (Å²) in [6.07, 6.45) is 2.93. The van der Waals surface area contributed by atoms with E-state index in [9.17, 15) is 4.79 Å². The van der Waals surface area contributed by atoms with Gasteiger partial charge in [-0.25, -0.2) is 4.68 Å². The van der Waals surface area contributed by atoms with Crippen LogP contribution >= 0.6 is 0 Å². The average Bonchev–Trinajstić information content (AvgIpc) is 3.18. The molecule has 112 valence electrons. The smallest absolute Gasteiger partial charge is 0.291 e. The number of aromatic nitrogens is 4. The summed E-state index contributed by atoms with van der Waals surface area (Å²) in [7, 11) is 1.54. The van der Waals surface area contributed by atoms with E-state index in [4.69, 9.17) is 9.15 Å². The first-order chi connectivity index (χ1) is 10.7. The summed E-state index contributed by atoms with van der Waals surface area (Å²) in [6, 6.07) is 6.91. The van der Waals surface area contributed by atoms with Crippen molar-refractivity contribution in [2.45, 2.75) is 6.92 Å². The molecule has 0 radical (unpaired) electrons. The summed E-state index contributed by atoms with van der Waals surface area (Å²) in [5, 5.41) is 13.8. The van der Waals surface area contributed by atoms with Crippen molar-refractivity contribution in [1.29, 1.82) is 0 Å². The maximum atomic E-state index is 12.2. The normalized spacial score (nSPS) is 10.5. The third kappa shape index (κ3) is 2.66. The summed E-state index contributed by atoms with van der Waals surface area (Å²) in [6.45, 7) is 1.80. The molecule has 22 heavy (non-hydrogen) atoms. The maximum absolute atomic E-state index is 12.2. The quantitative estimate of drug-likeness (QED) is 0.789. The number of rotatable bonds is 4. The first-order valence-corrected chi connectivity index (χ1v) is 6.45. The van der Waals surface area contributed by atoms with Gasteiger partial charge in [0.15, 0.2) is 5.76 Å². The molecule has 2 aromatic heterocycles. The third-order valence-electron chi connectivity index (χ3n) is 3.07.